The lowest BCUT2D eigenvalue weighted by atomic mass is 10.1. The maximum Gasteiger partial charge on any atom is 0.306 e. The largest absolute Gasteiger partial charge is 0.756 e. The lowest BCUT2D eigenvalue weighted by Gasteiger charge is -2.28. The minimum Gasteiger partial charge on any atom is -0.756 e. The molecule has 0 aromatic carbocycles. The molecular formula is C42H80NO8P. The van der Waals surface area contributed by atoms with Crippen molar-refractivity contribution in [3.8, 4) is 0 Å². The molecule has 9 nitrogen and oxygen atoms in total. The van der Waals surface area contributed by atoms with Crippen LogP contribution in [0.15, 0.2) is 24.3 Å². The van der Waals surface area contributed by atoms with Crippen LogP contribution >= 0.6 is 7.82 Å². The highest BCUT2D eigenvalue weighted by Gasteiger charge is 2.21. The first kappa shape index (κ1) is 50.5. The number of allylic oxidation sites excluding steroid dienone is 4. The third-order valence-corrected chi connectivity index (χ3v) is 9.92. The number of phosphoric acid groups is 1. The number of likely N-dealkylation sites (N-methyl/N-ethyl adjacent to an activating group) is 1. The van der Waals surface area contributed by atoms with Crippen LogP contribution in [-0.4, -0.2) is 70.0 Å². The van der Waals surface area contributed by atoms with Crippen LogP contribution < -0.4 is 4.89 Å². The van der Waals surface area contributed by atoms with Crippen molar-refractivity contribution in [3.63, 3.8) is 0 Å². The first-order chi connectivity index (χ1) is 25.0. The van der Waals surface area contributed by atoms with Crippen molar-refractivity contribution in [2.45, 2.75) is 187 Å². The second-order valence-corrected chi connectivity index (χ2v) is 16.8. The second kappa shape index (κ2) is 35.2. The van der Waals surface area contributed by atoms with E-state index in [9.17, 15) is 19.0 Å². The van der Waals surface area contributed by atoms with Crippen LogP contribution in [0.5, 0.6) is 0 Å². The second-order valence-electron chi connectivity index (χ2n) is 15.3. The first-order valence-corrected chi connectivity index (χ1v) is 22.5. The van der Waals surface area contributed by atoms with Crippen molar-refractivity contribution in [2.24, 2.45) is 0 Å². The zero-order valence-corrected chi connectivity index (χ0v) is 35.2. The molecule has 0 amide bonds. The molecule has 1 unspecified atom stereocenters. The van der Waals surface area contributed by atoms with Gasteiger partial charge < -0.3 is 27.9 Å². The van der Waals surface area contributed by atoms with Gasteiger partial charge in [0.15, 0.2) is 6.10 Å². The molecule has 10 heteroatoms. The van der Waals surface area contributed by atoms with Crippen molar-refractivity contribution < 1.29 is 42.1 Å². The van der Waals surface area contributed by atoms with Gasteiger partial charge in [-0.15, -0.1) is 0 Å². The van der Waals surface area contributed by atoms with E-state index in [0.29, 0.717) is 23.9 Å². The van der Waals surface area contributed by atoms with E-state index >= 15 is 0 Å². The molecule has 0 aliphatic carbocycles. The number of quaternary nitrogens is 1. The quantitative estimate of drug-likeness (QED) is 0.0201. The van der Waals surface area contributed by atoms with Crippen LogP contribution in [-0.2, 0) is 32.7 Å². The van der Waals surface area contributed by atoms with Crippen molar-refractivity contribution in [3.05, 3.63) is 24.3 Å². The molecule has 0 radical (unpaired) electrons. The predicted octanol–water partition coefficient (Wildman–Crippen LogP) is 10.9. The molecule has 0 saturated carbocycles. The van der Waals surface area contributed by atoms with Gasteiger partial charge in [-0.1, -0.05) is 141 Å². The van der Waals surface area contributed by atoms with Crippen LogP contribution in [0.3, 0.4) is 0 Å². The number of ether oxygens (including phenoxy) is 2. The normalized spacial score (nSPS) is 13.9. The Balaban J connectivity index is 4.45. The highest BCUT2D eigenvalue weighted by Crippen LogP contribution is 2.38. The molecule has 0 aliphatic heterocycles. The summed E-state index contributed by atoms with van der Waals surface area (Å²) in [6, 6.07) is 0. The number of hydrogen-bond acceptors (Lipinski definition) is 8. The van der Waals surface area contributed by atoms with Crippen LogP contribution in [0.1, 0.15) is 181 Å². The Hall–Kier alpha value is -1.51. The molecule has 0 aliphatic rings. The van der Waals surface area contributed by atoms with Crippen LogP contribution in [0.4, 0.5) is 0 Å². The lowest BCUT2D eigenvalue weighted by molar-refractivity contribution is -0.870. The van der Waals surface area contributed by atoms with Crippen LogP contribution in [0.2, 0.25) is 0 Å². The summed E-state index contributed by atoms with van der Waals surface area (Å²) in [6.07, 6.45) is 36.5. The molecule has 0 aromatic rings. The van der Waals surface area contributed by atoms with E-state index in [1.165, 1.54) is 103 Å². The summed E-state index contributed by atoms with van der Waals surface area (Å²) in [4.78, 5) is 37.4. The number of unbranched alkanes of at least 4 members (excludes halogenated alkanes) is 20. The Bertz CT molecular complexity index is 949. The molecule has 0 spiro atoms. The molecule has 306 valence electrons. The van der Waals surface area contributed by atoms with Crippen LogP contribution in [0.25, 0.3) is 0 Å². The minimum absolute atomic E-state index is 0.0375. The highest BCUT2D eigenvalue weighted by atomic mass is 31.2. The van der Waals surface area contributed by atoms with Crippen molar-refractivity contribution in [1.29, 1.82) is 0 Å². The monoisotopic (exact) mass is 758 g/mol. The molecule has 2 atom stereocenters. The van der Waals surface area contributed by atoms with Gasteiger partial charge in [0.25, 0.3) is 7.82 Å². The lowest BCUT2D eigenvalue weighted by Crippen LogP contribution is -2.37. The van der Waals surface area contributed by atoms with Gasteiger partial charge >= 0.3 is 11.9 Å². The Morgan fingerprint density at radius 1 is 0.577 bits per heavy atom. The third kappa shape index (κ3) is 38.2. The maximum absolute atomic E-state index is 12.6. The van der Waals surface area contributed by atoms with Crippen molar-refractivity contribution in [2.75, 3.05) is 47.5 Å². The van der Waals surface area contributed by atoms with E-state index in [1.54, 1.807) is 0 Å². The Kier molecular flexibility index (Phi) is 34.2. The minimum atomic E-state index is -4.63. The van der Waals surface area contributed by atoms with E-state index in [2.05, 4.69) is 32.1 Å². The fourth-order valence-corrected chi connectivity index (χ4v) is 6.34. The zero-order valence-electron chi connectivity index (χ0n) is 34.3. The standard InChI is InChI=1S/C42H80NO8P/c1-6-8-10-12-14-16-18-20-21-23-25-27-29-31-33-35-42(45)51-40(39-50-52(46,47)49-37-36-43(3,4)5)38-48-41(44)34-32-30-28-26-24-22-19-17-15-13-11-9-7-2/h22,24,29,31,40H,6-21,23,25-28,30,32-39H2,1-5H3/b24-22+,31-29+/t40-/m1/s1. The fraction of sp³-hybridized carbons (Fsp3) is 0.857. The molecular weight excluding hydrogens is 677 g/mol. The molecule has 0 fully saturated rings. The number of phosphoric ester groups is 1. The summed E-state index contributed by atoms with van der Waals surface area (Å²) >= 11 is 0. The SMILES string of the molecule is CCCCCCCC/C=C/CCCCCC(=O)OC[C@H](COP(=O)([O-])OCC[N+](C)(C)C)OC(=O)CC/C=C/CCCCCCCCCCCCC. The first-order valence-electron chi connectivity index (χ1n) is 21.0. The average Bonchev–Trinajstić information content (AvgIpc) is 3.09. The molecule has 0 bridgehead atoms. The van der Waals surface area contributed by atoms with E-state index in [-0.39, 0.29) is 26.1 Å². The van der Waals surface area contributed by atoms with Crippen molar-refractivity contribution >= 4 is 19.8 Å². The molecule has 0 rings (SSSR count). The van der Waals surface area contributed by atoms with Gasteiger partial charge in [-0.05, 0) is 51.4 Å². The predicted molar refractivity (Wildman–Crippen MR) is 213 cm³/mol. The van der Waals surface area contributed by atoms with Gasteiger partial charge in [-0.25, -0.2) is 0 Å². The molecule has 52 heavy (non-hydrogen) atoms. The summed E-state index contributed by atoms with van der Waals surface area (Å²) in [7, 11) is 1.14. The zero-order chi connectivity index (χ0) is 38.6. The number of esters is 2. The maximum atomic E-state index is 12.6. The van der Waals surface area contributed by atoms with Crippen LogP contribution in [0, 0.1) is 0 Å². The summed E-state index contributed by atoms with van der Waals surface area (Å²) in [6.45, 7) is 4.16. The molecule has 0 aromatic heterocycles. The average molecular weight is 758 g/mol. The summed E-state index contributed by atoms with van der Waals surface area (Å²) in [5, 5.41) is 0. The van der Waals surface area contributed by atoms with Gasteiger partial charge in [-0.3, -0.25) is 14.2 Å². The van der Waals surface area contributed by atoms with Gasteiger partial charge in [0.2, 0.25) is 0 Å². The van der Waals surface area contributed by atoms with E-state index < -0.39 is 32.5 Å². The fourth-order valence-electron chi connectivity index (χ4n) is 5.61. The smallest absolute Gasteiger partial charge is 0.306 e. The van der Waals surface area contributed by atoms with Gasteiger partial charge in [0.05, 0.1) is 27.7 Å². The van der Waals surface area contributed by atoms with Crippen molar-refractivity contribution in [1.82, 2.24) is 0 Å². The number of hydrogen-bond donors (Lipinski definition) is 0. The highest BCUT2D eigenvalue weighted by molar-refractivity contribution is 7.45. The Labute approximate surface area is 319 Å². The van der Waals surface area contributed by atoms with Gasteiger partial charge in [-0.2, -0.15) is 0 Å². The van der Waals surface area contributed by atoms with Gasteiger partial charge in [0, 0.05) is 12.8 Å². The Morgan fingerprint density at radius 2 is 1.02 bits per heavy atom. The van der Waals surface area contributed by atoms with E-state index in [0.717, 1.165) is 38.5 Å². The topological polar surface area (TPSA) is 111 Å². The molecule has 0 saturated heterocycles. The molecule has 0 N–H and O–H groups in total. The summed E-state index contributed by atoms with van der Waals surface area (Å²) in [5.41, 5.74) is 0. The number of carbonyl (C=O) groups is 2. The van der Waals surface area contributed by atoms with E-state index in [4.69, 9.17) is 18.5 Å². The third-order valence-electron chi connectivity index (χ3n) is 8.96. The number of carbonyl (C=O) groups excluding carboxylic acids is 2. The number of nitrogens with zero attached hydrogens (tertiary/aromatic N) is 1. The Morgan fingerprint density at radius 3 is 1.50 bits per heavy atom. The summed E-state index contributed by atoms with van der Waals surface area (Å²) in [5.74, 6) is -0.908. The molecule has 0 heterocycles. The van der Waals surface area contributed by atoms with E-state index in [1.807, 2.05) is 27.2 Å². The summed E-state index contributed by atoms with van der Waals surface area (Å²) < 4.78 is 33.7. The number of rotatable bonds is 38. The van der Waals surface area contributed by atoms with Gasteiger partial charge in [0.1, 0.15) is 19.8 Å².